The number of rotatable bonds is 67. The third-order valence-electron chi connectivity index (χ3n) is 21.3. The second kappa shape index (κ2) is 73.9. The third kappa shape index (κ3) is 52.8. The lowest BCUT2D eigenvalue weighted by Gasteiger charge is -2.40. The number of aliphatic hydroxyl groups is 5. The Kier molecular flexibility index (Phi) is 71.2. The summed E-state index contributed by atoms with van der Waals surface area (Å²) in [7, 11) is 14.2. The van der Waals surface area contributed by atoms with Crippen LogP contribution in [0.25, 0.3) is 0 Å². The van der Waals surface area contributed by atoms with Gasteiger partial charge in [-0.1, -0.05) is 119 Å². The average molecular weight is 1840 g/mol. The molecule has 1 fully saturated rings. The van der Waals surface area contributed by atoms with Crippen LogP contribution >= 0.6 is 12.6 Å². The number of ketones is 1. The highest BCUT2D eigenvalue weighted by Crippen LogP contribution is 2.40. The number of methoxy groups -OCH3 is 6. The van der Waals surface area contributed by atoms with E-state index in [1.165, 1.54) is 35.5 Å². The van der Waals surface area contributed by atoms with E-state index in [2.05, 4.69) is 33.9 Å². The van der Waals surface area contributed by atoms with Crippen LogP contribution in [-0.4, -0.2) is 334 Å². The van der Waals surface area contributed by atoms with E-state index in [-0.39, 0.29) is 202 Å². The first kappa shape index (κ1) is 122. The van der Waals surface area contributed by atoms with Crippen molar-refractivity contribution in [3.05, 3.63) is 35.9 Å². The van der Waals surface area contributed by atoms with Gasteiger partial charge in [0, 0.05) is 126 Å². The molecule has 5 amide bonds. The number of aliphatic carboxylic acids is 1. The molecule has 9 unspecified atom stereocenters. The van der Waals surface area contributed by atoms with Crippen molar-refractivity contribution < 1.29 is 150 Å². The first-order chi connectivity index (χ1) is 60.5. The van der Waals surface area contributed by atoms with Gasteiger partial charge in [-0.05, 0) is 108 Å². The number of benzene rings is 1. The minimum Gasteiger partial charge on any atom is -0.481 e. The zero-order valence-corrected chi connectivity index (χ0v) is 80.2. The molecular weight excluding hydrogens is 1680 g/mol. The summed E-state index contributed by atoms with van der Waals surface area (Å²) in [5.41, 5.74) is 0.802. The molecule has 38 heteroatoms. The number of thiol groups is 1. The van der Waals surface area contributed by atoms with Gasteiger partial charge in [-0.15, -0.1) is 0 Å². The number of Topliss-reactive ketones (excluding diaryl/α,β-unsaturated/α-hetero) is 1. The number of nitrogens with zero attached hydrogens (tertiary/aromatic N) is 2. The highest BCUT2D eigenvalue weighted by atomic mass is 32.1. The molecule has 0 bridgehead atoms. The molecule has 0 saturated heterocycles. The molecule has 1 aliphatic rings. The summed E-state index contributed by atoms with van der Waals surface area (Å²) in [5.74, 6) is -5.55. The molecule has 1 aromatic rings. The Hall–Kier alpha value is -6.70. The lowest BCUT2D eigenvalue weighted by Crippen LogP contribution is -2.59. The van der Waals surface area contributed by atoms with E-state index >= 15 is 0 Å². The maximum atomic E-state index is 14.5. The van der Waals surface area contributed by atoms with E-state index in [1.807, 2.05) is 119 Å². The van der Waals surface area contributed by atoms with Crippen molar-refractivity contribution in [3.8, 4) is 0 Å². The number of aliphatic hydroxyl groups excluding tert-OH is 5. The Labute approximate surface area is 759 Å². The predicted molar refractivity (Wildman–Crippen MR) is 475 cm³/mol. The first-order valence-electron chi connectivity index (χ1n) is 44.4. The van der Waals surface area contributed by atoms with E-state index in [1.54, 1.807) is 26.0 Å². The van der Waals surface area contributed by atoms with Crippen LogP contribution in [0, 0.1) is 35.5 Å². The van der Waals surface area contributed by atoms with Crippen LogP contribution < -0.4 is 21.3 Å². The molecule has 0 aromatic heterocycles. The molecule has 10 N–H and O–H groups in total. The van der Waals surface area contributed by atoms with Gasteiger partial charge in [-0.3, -0.25) is 52.8 Å². The highest BCUT2D eigenvalue weighted by Gasteiger charge is 2.45. The van der Waals surface area contributed by atoms with Crippen LogP contribution in [0.15, 0.2) is 30.3 Å². The van der Waals surface area contributed by atoms with Crippen LogP contribution in [0.2, 0.25) is 0 Å². The smallest absolute Gasteiger partial charge is 0.328 e. The van der Waals surface area contributed by atoms with E-state index in [9.17, 15) is 57.8 Å². The molecule has 0 aliphatic heterocycles. The van der Waals surface area contributed by atoms with E-state index in [4.69, 9.17) is 91.8 Å². The summed E-state index contributed by atoms with van der Waals surface area (Å²) in [6, 6.07) is 6.48. The SMILES string of the molecule is CCC(CO)OC(CO)OC.CCC(CO)OC(COC(=O)CCCC(=O)NCCCOC(=O)[C@H](Cc1ccccc1)NC(=O)[C@H](C)[C@@H](OC)[C@@H]1CCCC1C(=O)C[C@@H](OC)[C@H]([C@@H](C)CC)N(C)C(=O)[C@@H](NC(=O)[C@H](C(C)C)N(C)C)C(C)C)OC.CCC(CO)OC(COC(=O)CCCC(=O)NCCS)OC.CCC(CO)OC(COC(=O)CCCC(=O)O)OC. The zero-order valence-electron chi connectivity index (χ0n) is 79.3. The third-order valence-corrected chi connectivity index (χ3v) is 21.5. The van der Waals surface area contributed by atoms with Crippen molar-refractivity contribution in [3.63, 3.8) is 0 Å². The summed E-state index contributed by atoms with van der Waals surface area (Å²) in [4.78, 5) is 143. The summed E-state index contributed by atoms with van der Waals surface area (Å²) < 4.78 is 74.3. The van der Waals surface area contributed by atoms with Crippen LogP contribution in [0.1, 0.15) is 204 Å². The topological polar surface area (TPSA) is 493 Å². The molecule has 1 aliphatic carbocycles. The Bertz CT molecular complexity index is 3100. The van der Waals surface area contributed by atoms with Crippen molar-refractivity contribution in [1.82, 2.24) is 31.1 Å². The predicted octanol–water partition coefficient (Wildman–Crippen LogP) is 5.67. The second-order valence-electron chi connectivity index (χ2n) is 31.8. The Morgan fingerprint density at radius 3 is 1.33 bits per heavy atom. The number of carbonyl (C=O) groups is 11. The second-order valence-corrected chi connectivity index (χ2v) is 32.2. The number of esters is 4. The van der Waals surface area contributed by atoms with Gasteiger partial charge in [0.15, 0.2) is 25.2 Å². The summed E-state index contributed by atoms with van der Waals surface area (Å²) >= 11 is 3.98. The lowest BCUT2D eigenvalue weighted by atomic mass is 9.79. The Morgan fingerprint density at radius 2 is 0.953 bits per heavy atom. The van der Waals surface area contributed by atoms with E-state index in [0.29, 0.717) is 70.1 Å². The fourth-order valence-electron chi connectivity index (χ4n) is 13.6. The number of carbonyl (C=O) groups excluding carboxylic acids is 10. The monoisotopic (exact) mass is 1840 g/mol. The van der Waals surface area contributed by atoms with Gasteiger partial charge < -0.3 is 123 Å². The molecule has 37 nitrogen and oxygen atoms in total. The molecule has 1 aromatic carbocycles. The van der Waals surface area contributed by atoms with Gasteiger partial charge in [-0.25, -0.2) is 4.79 Å². The van der Waals surface area contributed by atoms with Crippen molar-refractivity contribution in [2.75, 3.05) is 142 Å². The largest absolute Gasteiger partial charge is 0.481 e. The molecule has 0 spiro atoms. The number of nitrogens with one attached hydrogen (secondary N) is 4. The summed E-state index contributed by atoms with van der Waals surface area (Å²) in [5, 5.41) is 64.5. The summed E-state index contributed by atoms with van der Waals surface area (Å²) in [6.45, 7) is 20.8. The molecule has 0 heterocycles. The van der Waals surface area contributed by atoms with Crippen molar-refractivity contribution >= 4 is 77.8 Å². The highest BCUT2D eigenvalue weighted by molar-refractivity contribution is 7.80. The van der Waals surface area contributed by atoms with Crippen molar-refractivity contribution in [2.24, 2.45) is 35.5 Å². The van der Waals surface area contributed by atoms with Gasteiger partial charge in [0.1, 0.15) is 37.7 Å². The molecule has 2 rings (SSSR count). The fourth-order valence-corrected chi connectivity index (χ4v) is 13.7. The molecular formula is C89H160N6O31S. The Morgan fingerprint density at radius 1 is 0.504 bits per heavy atom. The molecule has 1 saturated carbocycles. The van der Waals surface area contributed by atoms with E-state index in [0.717, 1.165) is 12.0 Å². The lowest BCUT2D eigenvalue weighted by molar-refractivity contribution is -0.194. The quantitative estimate of drug-likeness (QED) is 0.0123. The maximum Gasteiger partial charge on any atom is 0.328 e. The number of hydrogen-bond acceptors (Lipinski definition) is 32. The van der Waals surface area contributed by atoms with Gasteiger partial charge in [0.2, 0.25) is 29.5 Å². The van der Waals surface area contributed by atoms with Gasteiger partial charge in [0.05, 0.1) is 94.3 Å². The van der Waals surface area contributed by atoms with Crippen LogP contribution in [0.4, 0.5) is 0 Å². The zero-order chi connectivity index (χ0) is 96.5. The van der Waals surface area contributed by atoms with Crippen molar-refractivity contribution in [2.45, 2.75) is 291 Å². The van der Waals surface area contributed by atoms with E-state index < -0.39 is 115 Å². The number of ether oxygens (including phenoxy) is 14. The normalized spacial score (nSPS) is 16.9. The first-order valence-corrected chi connectivity index (χ1v) is 45.0. The van der Waals surface area contributed by atoms with Gasteiger partial charge in [0.25, 0.3) is 0 Å². The standard InChI is InChI=1S/C56H95N5O14.C14H27NO6S.C12H22O7.C7H16O4/c1-15-37(7)51(61(11)55(68)49(35(3)4)59-54(67)50(36(5)6)60(9)10)45(70-12)32-44(63)41-25-20-26-42(41)52(72-14)38(8)53(66)58-43(31-39-23-18-17-19-24-39)56(69)73-30-22-29-57-46(64)27-21-28-47(65)74-34-48(71-13)75-40(16-2)33-62;1-3-11(9-16)21-14(19-2)10-20-13(18)6-4-5-12(17)15-7-8-22;1-3-9(7-13)19-12(17-2)8-18-11(16)6-4-5-10(14)15;1-3-6(4-8)11-7(5-9)10-2/h17-19,23-24,35-38,40-43,45,48-52,62H,15-16,20-22,25-34H2,1-14H3,(H,57,64)(H,58,66)(H,59,67);11,14,16,22H,3-10H2,1-2H3,(H,15,17);9,12-13H,3-8H2,1-2H3,(H,14,15);6-9H,3-5H2,1-2H3/t37-,38+,40?,41?,42+,43-,45+,48?,49-,50-,51-,52+;;;/m0.../s1. The Balaban J connectivity index is 0. The van der Waals surface area contributed by atoms with Gasteiger partial charge >= 0.3 is 29.8 Å². The molecule has 18 atom stereocenters. The van der Waals surface area contributed by atoms with Crippen LogP contribution in [0.3, 0.4) is 0 Å². The number of amides is 5. The maximum absolute atomic E-state index is 14.5. The molecule has 127 heavy (non-hydrogen) atoms. The van der Waals surface area contributed by atoms with Crippen LogP contribution in [0.5, 0.6) is 0 Å². The minimum absolute atomic E-state index is 0.00703. The number of carboxylic acids is 1. The average Bonchev–Trinajstić information content (AvgIpc) is 1.79. The molecule has 0 radical (unpaired) electrons. The van der Waals surface area contributed by atoms with Crippen molar-refractivity contribution in [1.29, 1.82) is 0 Å². The number of likely N-dealkylation sites (N-methyl/N-ethyl adjacent to an activating group) is 2. The van der Waals surface area contributed by atoms with Gasteiger partial charge in [-0.2, -0.15) is 12.6 Å². The molecule has 738 valence electrons. The number of carboxylic acid groups (broad SMARTS) is 1. The summed E-state index contributed by atoms with van der Waals surface area (Å²) in [6.07, 6.45) is 1.49. The minimum atomic E-state index is -1.04. The van der Waals surface area contributed by atoms with Crippen LogP contribution in [-0.2, 0) is 125 Å². The fraction of sp³-hybridized carbons (Fsp3) is 0.809. The number of hydrogen-bond donors (Lipinski definition) is 11.